The standard InChI is InChI=1S/C18H21NS/c1-2-18(19)14-7-9-16(10-8-14)20-17-11-6-13-4-3-5-15(13)12-17/h6-12,18H,2-5,19H2,1H3. The van der Waals surface area contributed by atoms with E-state index < -0.39 is 0 Å². The van der Waals surface area contributed by atoms with Gasteiger partial charge in [-0.1, -0.05) is 36.9 Å². The molecule has 1 nitrogen and oxygen atoms in total. The lowest BCUT2D eigenvalue weighted by molar-refractivity contribution is 0.698. The van der Waals surface area contributed by atoms with Crippen molar-refractivity contribution in [3.05, 3.63) is 59.2 Å². The molecule has 1 atom stereocenters. The van der Waals surface area contributed by atoms with E-state index in [1.807, 2.05) is 11.8 Å². The number of benzene rings is 2. The van der Waals surface area contributed by atoms with Gasteiger partial charge in [-0.05, 0) is 66.6 Å². The van der Waals surface area contributed by atoms with Gasteiger partial charge in [0, 0.05) is 15.8 Å². The van der Waals surface area contributed by atoms with Gasteiger partial charge in [0.25, 0.3) is 0 Å². The molecule has 0 saturated carbocycles. The lowest BCUT2D eigenvalue weighted by Gasteiger charge is -2.10. The van der Waals surface area contributed by atoms with Crippen LogP contribution in [-0.2, 0) is 12.8 Å². The molecule has 0 aromatic heterocycles. The molecule has 0 aliphatic heterocycles. The third-order valence-corrected chi connectivity index (χ3v) is 5.05. The molecule has 2 aromatic carbocycles. The maximum absolute atomic E-state index is 6.05. The molecule has 0 heterocycles. The molecule has 3 rings (SSSR count). The third-order valence-electron chi connectivity index (χ3n) is 4.05. The van der Waals surface area contributed by atoms with Crippen LogP contribution in [0.5, 0.6) is 0 Å². The van der Waals surface area contributed by atoms with Gasteiger partial charge in [0.1, 0.15) is 0 Å². The van der Waals surface area contributed by atoms with Crippen molar-refractivity contribution >= 4 is 11.8 Å². The second-order valence-corrected chi connectivity index (χ2v) is 6.62. The second-order valence-electron chi connectivity index (χ2n) is 5.47. The van der Waals surface area contributed by atoms with E-state index in [0.717, 1.165) is 6.42 Å². The molecule has 0 amide bonds. The van der Waals surface area contributed by atoms with E-state index in [1.165, 1.54) is 34.6 Å². The lowest BCUT2D eigenvalue weighted by Crippen LogP contribution is -2.07. The minimum absolute atomic E-state index is 0.161. The first-order valence-electron chi connectivity index (χ1n) is 7.41. The number of hydrogen-bond acceptors (Lipinski definition) is 2. The average molecular weight is 283 g/mol. The minimum Gasteiger partial charge on any atom is -0.324 e. The van der Waals surface area contributed by atoms with Crippen molar-refractivity contribution in [3.63, 3.8) is 0 Å². The van der Waals surface area contributed by atoms with Gasteiger partial charge in [-0.15, -0.1) is 0 Å². The smallest absolute Gasteiger partial charge is 0.0292 e. The molecule has 1 unspecified atom stereocenters. The van der Waals surface area contributed by atoms with E-state index in [-0.39, 0.29) is 6.04 Å². The monoisotopic (exact) mass is 283 g/mol. The summed E-state index contributed by atoms with van der Waals surface area (Å²) in [6, 6.07) is 15.7. The van der Waals surface area contributed by atoms with Gasteiger partial charge >= 0.3 is 0 Å². The van der Waals surface area contributed by atoms with Crippen LogP contribution < -0.4 is 5.73 Å². The van der Waals surface area contributed by atoms with Gasteiger partial charge < -0.3 is 5.73 Å². The Hall–Kier alpha value is -1.25. The number of rotatable bonds is 4. The van der Waals surface area contributed by atoms with Gasteiger partial charge in [0.2, 0.25) is 0 Å². The zero-order valence-corrected chi connectivity index (χ0v) is 12.7. The van der Waals surface area contributed by atoms with E-state index in [9.17, 15) is 0 Å². The first-order chi connectivity index (χ1) is 9.76. The maximum Gasteiger partial charge on any atom is 0.0292 e. The van der Waals surface area contributed by atoms with Crippen molar-refractivity contribution in [3.8, 4) is 0 Å². The van der Waals surface area contributed by atoms with Crippen LogP contribution in [0.4, 0.5) is 0 Å². The molecule has 2 heteroatoms. The molecule has 0 radical (unpaired) electrons. The summed E-state index contributed by atoms with van der Waals surface area (Å²) >= 11 is 1.84. The molecule has 20 heavy (non-hydrogen) atoms. The Kier molecular flexibility index (Phi) is 4.13. The minimum atomic E-state index is 0.161. The maximum atomic E-state index is 6.05. The van der Waals surface area contributed by atoms with Gasteiger partial charge in [-0.3, -0.25) is 0 Å². The third kappa shape index (κ3) is 2.92. The zero-order chi connectivity index (χ0) is 13.9. The Morgan fingerprint density at radius 2 is 1.70 bits per heavy atom. The van der Waals surface area contributed by atoms with Gasteiger partial charge in [-0.2, -0.15) is 0 Å². The highest BCUT2D eigenvalue weighted by Gasteiger charge is 2.11. The first kappa shape index (κ1) is 13.7. The van der Waals surface area contributed by atoms with Crippen molar-refractivity contribution in [1.29, 1.82) is 0 Å². The second kappa shape index (κ2) is 6.02. The molecule has 0 bridgehead atoms. The number of aryl methyl sites for hydroxylation is 2. The van der Waals surface area contributed by atoms with Gasteiger partial charge in [-0.25, -0.2) is 0 Å². The summed E-state index contributed by atoms with van der Waals surface area (Å²) in [5.74, 6) is 0. The quantitative estimate of drug-likeness (QED) is 0.877. The summed E-state index contributed by atoms with van der Waals surface area (Å²) in [7, 11) is 0. The molecule has 2 aromatic rings. The fourth-order valence-corrected chi connectivity index (χ4v) is 3.65. The summed E-state index contributed by atoms with van der Waals surface area (Å²) < 4.78 is 0. The summed E-state index contributed by atoms with van der Waals surface area (Å²) in [6.07, 6.45) is 4.79. The van der Waals surface area contributed by atoms with Crippen molar-refractivity contribution in [2.24, 2.45) is 5.73 Å². The van der Waals surface area contributed by atoms with E-state index in [4.69, 9.17) is 5.73 Å². The fraction of sp³-hybridized carbons (Fsp3) is 0.333. The largest absolute Gasteiger partial charge is 0.324 e. The Morgan fingerprint density at radius 1 is 1.00 bits per heavy atom. The zero-order valence-electron chi connectivity index (χ0n) is 11.9. The average Bonchev–Trinajstić information content (AvgIpc) is 2.95. The number of fused-ring (bicyclic) bond motifs is 1. The fourth-order valence-electron chi connectivity index (χ4n) is 2.77. The molecular weight excluding hydrogens is 262 g/mol. The Bertz CT molecular complexity index is 589. The Morgan fingerprint density at radius 3 is 2.45 bits per heavy atom. The highest BCUT2D eigenvalue weighted by atomic mass is 32.2. The molecular formula is C18H21NS. The summed E-state index contributed by atoms with van der Waals surface area (Å²) in [6.45, 7) is 2.12. The Labute approximate surface area is 125 Å². The van der Waals surface area contributed by atoms with Gasteiger partial charge in [0.15, 0.2) is 0 Å². The SMILES string of the molecule is CCC(N)c1ccc(Sc2ccc3c(c2)CCC3)cc1. The van der Waals surface area contributed by atoms with Crippen molar-refractivity contribution < 1.29 is 0 Å². The van der Waals surface area contributed by atoms with Crippen LogP contribution in [-0.4, -0.2) is 0 Å². The van der Waals surface area contributed by atoms with Gasteiger partial charge in [0.05, 0.1) is 0 Å². The highest BCUT2D eigenvalue weighted by Crippen LogP contribution is 2.32. The molecule has 104 valence electrons. The number of nitrogens with two attached hydrogens (primary N) is 1. The molecule has 1 aliphatic rings. The summed E-state index contributed by atoms with van der Waals surface area (Å²) in [5, 5.41) is 0. The van der Waals surface area contributed by atoms with Crippen LogP contribution in [0.3, 0.4) is 0 Å². The predicted octanol–water partition coefficient (Wildman–Crippen LogP) is 4.74. The van der Waals surface area contributed by atoms with Crippen LogP contribution in [0.25, 0.3) is 0 Å². The molecule has 0 saturated heterocycles. The summed E-state index contributed by atoms with van der Waals surface area (Å²) in [5.41, 5.74) is 10.4. The normalized spacial score (nSPS) is 15.1. The Balaban J connectivity index is 1.74. The first-order valence-corrected chi connectivity index (χ1v) is 8.23. The van der Waals surface area contributed by atoms with Crippen LogP contribution >= 0.6 is 11.8 Å². The van der Waals surface area contributed by atoms with Crippen LogP contribution in [0.1, 0.15) is 42.5 Å². The highest BCUT2D eigenvalue weighted by molar-refractivity contribution is 7.99. The van der Waals surface area contributed by atoms with Crippen LogP contribution in [0, 0.1) is 0 Å². The summed E-state index contributed by atoms with van der Waals surface area (Å²) in [4.78, 5) is 2.63. The van der Waals surface area contributed by atoms with Crippen molar-refractivity contribution in [2.75, 3.05) is 0 Å². The van der Waals surface area contributed by atoms with E-state index >= 15 is 0 Å². The lowest BCUT2D eigenvalue weighted by atomic mass is 10.1. The number of hydrogen-bond donors (Lipinski definition) is 1. The molecule has 2 N–H and O–H groups in total. The van der Waals surface area contributed by atoms with E-state index in [1.54, 1.807) is 11.1 Å². The van der Waals surface area contributed by atoms with E-state index in [0.29, 0.717) is 0 Å². The topological polar surface area (TPSA) is 26.0 Å². The van der Waals surface area contributed by atoms with Crippen LogP contribution in [0.15, 0.2) is 52.3 Å². The van der Waals surface area contributed by atoms with E-state index in [2.05, 4.69) is 49.4 Å². The molecule has 0 fully saturated rings. The van der Waals surface area contributed by atoms with Crippen molar-refractivity contribution in [2.45, 2.75) is 48.4 Å². The predicted molar refractivity (Wildman–Crippen MR) is 86.3 cm³/mol. The molecule has 1 aliphatic carbocycles. The molecule has 0 spiro atoms. The van der Waals surface area contributed by atoms with Crippen molar-refractivity contribution in [1.82, 2.24) is 0 Å². The van der Waals surface area contributed by atoms with Crippen LogP contribution in [0.2, 0.25) is 0 Å².